The smallest absolute Gasteiger partial charge is 0.119 e. The highest BCUT2D eigenvalue weighted by atomic mass is 35.5. The number of hydrogen-bond acceptors (Lipinski definition) is 2. The molecule has 0 atom stereocenters. The number of phenolic OH excluding ortho intramolecular Hbond substituents is 1. The third-order valence-electron chi connectivity index (χ3n) is 2.75. The Morgan fingerprint density at radius 3 is 2.62 bits per heavy atom. The predicted molar refractivity (Wildman–Crippen MR) is 70.7 cm³/mol. The number of benzene rings is 2. The van der Waals surface area contributed by atoms with E-state index in [1.165, 1.54) is 10.8 Å². The molecule has 1 nitrogen and oxygen atoms in total. The van der Waals surface area contributed by atoms with E-state index < -0.39 is 0 Å². The van der Waals surface area contributed by atoms with Crippen LogP contribution in [0.3, 0.4) is 0 Å². The normalized spacial score (nSPS) is 11.4. The van der Waals surface area contributed by atoms with Crippen molar-refractivity contribution in [3.8, 4) is 5.75 Å². The van der Waals surface area contributed by atoms with Crippen molar-refractivity contribution in [2.45, 2.75) is 6.92 Å². The zero-order valence-corrected chi connectivity index (χ0v) is 10.2. The number of phenols is 1. The largest absolute Gasteiger partial charge is 0.508 e. The molecule has 0 fully saturated rings. The van der Waals surface area contributed by atoms with E-state index in [1.807, 2.05) is 37.3 Å². The topological polar surface area (TPSA) is 20.2 Å². The molecule has 0 saturated heterocycles. The third kappa shape index (κ3) is 1.38. The van der Waals surface area contributed by atoms with E-state index in [4.69, 9.17) is 11.6 Å². The Labute approximate surface area is 102 Å². The summed E-state index contributed by atoms with van der Waals surface area (Å²) >= 11 is 7.62. The third-order valence-corrected chi connectivity index (χ3v) is 4.10. The van der Waals surface area contributed by atoms with Crippen molar-refractivity contribution in [1.82, 2.24) is 0 Å². The molecule has 2 aromatic carbocycles. The van der Waals surface area contributed by atoms with Crippen LogP contribution in [0.1, 0.15) is 5.56 Å². The number of rotatable bonds is 0. The average molecular weight is 249 g/mol. The minimum atomic E-state index is 0.352. The van der Waals surface area contributed by atoms with Gasteiger partial charge in [0.1, 0.15) is 5.75 Å². The number of hydrogen-bond donors (Lipinski definition) is 1. The lowest BCUT2D eigenvalue weighted by atomic mass is 10.1. The maximum Gasteiger partial charge on any atom is 0.119 e. The number of thiophene rings is 1. The van der Waals surface area contributed by atoms with Crippen molar-refractivity contribution in [2.24, 2.45) is 0 Å². The minimum absolute atomic E-state index is 0.352. The van der Waals surface area contributed by atoms with Crippen LogP contribution in [0.5, 0.6) is 5.75 Å². The average Bonchev–Trinajstić information content (AvgIpc) is 2.55. The van der Waals surface area contributed by atoms with Crippen molar-refractivity contribution < 1.29 is 5.11 Å². The first-order chi connectivity index (χ1) is 7.65. The summed E-state index contributed by atoms with van der Waals surface area (Å²) < 4.78 is 2.26. The molecule has 3 rings (SSSR count). The monoisotopic (exact) mass is 248 g/mol. The summed E-state index contributed by atoms with van der Waals surface area (Å²) in [6, 6.07) is 9.75. The number of halogens is 1. The minimum Gasteiger partial charge on any atom is -0.508 e. The molecule has 0 bridgehead atoms. The van der Waals surface area contributed by atoms with Gasteiger partial charge in [-0.3, -0.25) is 0 Å². The van der Waals surface area contributed by atoms with Crippen LogP contribution < -0.4 is 0 Å². The van der Waals surface area contributed by atoms with E-state index in [1.54, 1.807) is 11.3 Å². The summed E-state index contributed by atoms with van der Waals surface area (Å²) in [7, 11) is 0. The summed E-state index contributed by atoms with van der Waals surface area (Å²) in [5, 5.41) is 12.8. The summed E-state index contributed by atoms with van der Waals surface area (Å²) in [5.41, 5.74) is 0.905. The van der Waals surface area contributed by atoms with Gasteiger partial charge in [-0.1, -0.05) is 17.7 Å². The second-order valence-electron chi connectivity index (χ2n) is 3.88. The predicted octanol–water partition coefficient (Wildman–Crippen LogP) is 4.72. The number of aromatic hydroxyl groups is 1. The Balaban J connectivity index is 2.51. The van der Waals surface area contributed by atoms with E-state index in [9.17, 15) is 5.11 Å². The highest BCUT2D eigenvalue weighted by Gasteiger charge is 2.07. The summed E-state index contributed by atoms with van der Waals surface area (Å²) in [4.78, 5) is 0. The molecular weight excluding hydrogens is 240 g/mol. The molecule has 80 valence electrons. The Morgan fingerprint density at radius 1 is 1.06 bits per heavy atom. The van der Waals surface area contributed by atoms with E-state index in [0.717, 1.165) is 20.0 Å². The van der Waals surface area contributed by atoms with Crippen molar-refractivity contribution in [1.29, 1.82) is 0 Å². The highest BCUT2D eigenvalue weighted by Crippen LogP contribution is 2.38. The van der Waals surface area contributed by atoms with Crippen molar-refractivity contribution in [3.05, 3.63) is 40.9 Å². The molecule has 1 N–H and O–H groups in total. The summed E-state index contributed by atoms with van der Waals surface area (Å²) in [5.74, 6) is 0.352. The molecular formula is C13H9ClOS. The van der Waals surface area contributed by atoms with Crippen LogP contribution in [0.4, 0.5) is 0 Å². The molecule has 16 heavy (non-hydrogen) atoms. The van der Waals surface area contributed by atoms with Crippen LogP contribution in [-0.2, 0) is 0 Å². The molecule has 0 spiro atoms. The molecule has 3 aromatic rings. The highest BCUT2D eigenvalue weighted by molar-refractivity contribution is 7.25. The molecule has 1 aromatic heterocycles. The Bertz CT molecular complexity index is 700. The SMILES string of the molecule is Cc1cc2c(cc1O)sc1cc(Cl)ccc12. The summed E-state index contributed by atoms with van der Waals surface area (Å²) in [6.45, 7) is 1.91. The standard InChI is InChI=1S/C13H9ClOS/c1-7-4-10-9-3-2-8(14)5-12(9)16-13(10)6-11(7)15/h2-6,15H,1H3. The van der Waals surface area contributed by atoms with E-state index >= 15 is 0 Å². The van der Waals surface area contributed by atoms with Crippen molar-refractivity contribution >= 4 is 43.1 Å². The van der Waals surface area contributed by atoms with Gasteiger partial charge in [-0.15, -0.1) is 11.3 Å². The molecule has 0 radical (unpaired) electrons. The molecule has 0 saturated carbocycles. The fraction of sp³-hybridized carbons (Fsp3) is 0.0769. The van der Waals surface area contributed by atoms with Gasteiger partial charge in [-0.2, -0.15) is 0 Å². The van der Waals surface area contributed by atoms with Gasteiger partial charge in [-0.25, -0.2) is 0 Å². The maximum atomic E-state index is 9.68. The first kappa shape index (κ1) is 9.94. The Kier molecular flexibility index (Phi) is 2.09. The van der Waals surface area contributed by atoms with Gasteiger partial charge in [0.05, 0.1) is 0 Å². The van der Waals surface area contributed by atoms with Gasteiger partial charge in [-0.05, 0) is 36.8 Å². The molecule has 0 aliphatic carbocycles. The van der Waals surface area contributed by atoms with E-state index in [2.05, 4.69) is 0 Å². The number of fused-ring (bicyclic) bond motifs is 3. The van der Waals surface area contributed by atoms with Crippen LogP contribution in [0.25, 0.3) is 20.2 Å². The molecule has 0 amide bonds. The zero-order valence-electron chi connectivity index (χ0n) is 8.62. The fourth-order valence-corrected chi connectivity index (χ4v) is 3.29. The second kappa shape index (κ2) is 3.37. The molecule has 0 unspecified atom stereocenters. The van der Waals surface area contributed by atoms with Gasteiger partial charge in [0, 0.05) is 25.2 Å². The van der Waals surface area contributed by atoms with Gasteiger partial charge in [0.2, 0.25) is 0 Å². The maximum absolute atomic E-state index is 9.68. The molecule has 3 heteroatoms. The van der Waals surface area contributed by atoms with E-state index in [0.29, 0.717) is 5.75 Å². The van der Waals surface area contributed by atoms with Gasteiger partial charge in [0.25, 0.3) is 0 Å². The van der Waals surface area contributed by atoms with Crippen molar-refractivity contribution in [2.75, 3.05) is 0 Å². The zero-order chi connectivity index (χ0) is 11.3. The van der Waals surface area contributed by atoms with Gasteiger partial charge in [0.15, 0.2) is 0 Å². The molecule has 1 heterocycles. The van der Waals surface area contributed by atoms with Crippen LogP contribution in [-0.4, -0.2) is 5.11 Å². The first-order valence-electron chi connectivity index (χ1n) is 4.96. The lowest BCUT2D eigenvalue weighted by Crippen LogP contribution is -1.73. The lowest BCUT2D eigenvalue weighted by molar-refractivity contribution is 0.472. The second-order valence-corrected chi connectivity index (χ2v) is 5.40. The van der Waals surface area contributed by atoms with Crippen LogP contribution in [0.2, 0.25) is 5.02 Å². The Morgan fingerprint density at radius 2 is 1.81 bits per heavy atom. The van der Waals surface area contributed by atoms with E-state index in [-0.39, 0.29) is 0 Å². The Hall–Kier alpha value is -1.25. The molecule has 0 aliphatic rings. The van der Waals surface area contributed by atoms with Crippen LogP contribution in [0, 0.1) is 6.92 Å². The van der Waals surface area contributed by atoms with Gasteiger partial charge < -0.3 is 5.11 Å². The first-order valence-corrected chi connectivity index (χ1v) is 6.16. The number of aryl methyl sites for hydroxylation is 1. The van der Waals surface area contributed by atoms with Crippen LogP contribution in [0.15, 0.2) is 30.3 Å². The van der Waals surface area contributed by atoms with Gasteiger partial charge >= 0.3 is 0 Å². The quantitative estimate of drug-likeness (QED) is 0.610. The molecule has 0 aliphatic heterocycles. The fourth-order valence-electron chi connectivity index (χ4n) is 1.89. The van der Waals surface area contributed by atoms with Crippen molar-refractivity contribution in [3.63, 3.8) is 0 Å². The lowest BCUT2D eigenvalue weighted by Gasteiger charge is -1.98. The summed E-state index contributed by atoms with van der Waals surface area (Å²) in [6.07, 6.45) is 0. The van der Waals surface area contributed by atoms with Crippen LogP contribution >= 0.6 is 22.9 Å².